The quantitative estimate of drug-likeness (QED) is 0.774. The molecule has 4 atom stereocenters. The fourth-order valence-corrected chi connectivity index (χ4v) is 5.70. The number of hydrogen-bond donors (Lipinski definition) is 0. The average molecular weight is 344 g/mol. The van der Waals surface area contributed by atoms with Crippen molar-refractivity contribution in [1.29, 1.82) is 0 Å². The third-order valence-electron chi connectivity index (χ3n) is 6.64. The van der Waals surface area contributed by atoms with Crippen LogP contribution >= 0.6 is 11.6 Å². The molecule has 1 aliphatic heterocycles. The molecule has 0 spiro atoms. The predicted octanol–water partition coefficient (Wildman–Crippen LogP) is 4.01. The second kappa shape index (κ2) is 4.63. The Bertz CT molecular complexity index is 888. The third-order valence-corrected chi connectivity index (χ3v) is 6.95. The molecular weight excluding hydrogens is 326 g/mol. The molecule has 1 aromatic carbocycles. The van der Waals surface area contributed by atoms with Gasteiger partial charge in [0.05, 0.1) is 17.9 Å². The van der Waals surface area contributed by atoms with Gasteiger partial charge in [-0.25, -0.2) is 0 Å². The first-order valence-electron chi connectivity index (χ1n) is 8.53. The normalized spacial score (nSPS) is 34.6. The van der Waals surface area contributed by atoms with Gasteiger partial charge in [0.25, 0.3) is 0 Å². The van der Waals surface area contributed by atoms with Crippen LogP contribution < -0.4 is 0 Å². The van der Waals surface area contributed by atoms with Crippen LogP contribution in [0.5, 0.6) is 0 Å². The van der Waals surface area contributed by atoms with E-state index in [9.17, 15) is 9.59 Å². The molecule has 2 bridgehead atoms. The number of likely N-dealkylation sites (tertiary alicyclic amines) is 1. The third kappa shape index (κ3) is 1.60. The van der Waals surface area contributed by atoms with E-state index < -0.39 is 5.41 Å². The number of halogens is 1. The Balaban J connectivity index is 1.55. The summed E-state index contributed by atoms with van der Waals surface area (Å²) >= 11 is 6.25. The lowest BCUT2D eigenvalue weighted by Gasteiger charge is -2.31. The largest absolute Gasteiger partial charge is 0.444 e. The minimum Gasteiger partial charge on any atom is -0.444 e. The van der Waals surface area contributed by atoms with Crippen LogP contribution in [0.4, 0.5) is 0 Å². The molecule has 1 aromatic heterocycles. The molecule has 2 amide bonds. The van der Waals surface area contributed by atoms with Crippen molar-refractivity contribution in [2.45, 2.75) is 32.7 Å². The lowest BCUT2D eigenvalue weighted by molar-refractivity contribution is -0.143. The predicted molar refractivity (Wildman–Crippen MR) is 89.2 cm³/mol. The second-order valence-corrected chi connectivity index (χ2v) is 7.95. The van der Waals surface area contributed by atoms with Gasteiger partial charge in [-0.2, -0.15) is 0 Å². The van der Waals surface area contributed by atoms with Crippen molar-refractivity contribution < 1.29 is 14.0 Å². The van der Waals surface area contributed by atoms with Crippen LogP contribution in [0, 0.1) is 23.2 Å². The van der Waals surface area contributed by atoms with Crippen molar-refractivity contribution in [1.82, 2.24) is 4.90 Å². The summed E-state index contributed by atoms with van der Waals surface area (Å²) in [5, 5.41) is 1.13. The Morgan fingerprint density at radius 3 is 2.88 bits per heavy atom. The molecule has 2 saturated carbocycles. The highest BCUT2D eigenvalue weighted by Crippen LogP contribution is 2.63. The van der Waals surface area contributed by atoms with Crippen molar-refractivity contribution in [3.8, 4) is 0 Å². The molecule has 24 heavy (non-hydrogen) atoms. The van der Waals surface area contributed by atoms with Crippen LogP contribution in [0.1, 0.15) is 31.7 Å². The zero-order valence-corrected chi connectivity index (χ0v) is 14.2. The Labute approximate surface area is 144 Å². The highest BCUT2D eigenvalue weighted by atomic mass is 35.5. The molecule has 2 aliphatic carbocycles. The van der Waals surface area contributed by atoms with Crippen LogP contribution in [0.3, 0.4) is 0 Å². The number of imide groups is 1. The molecule has 124 valence electrons. The van der Waals surface area contributed by atoms with E-state index in [-0.39, 0.29) is 29.5 Å². The maximum atomic E-state index is 13.1. The molecule has 1 saturated heterocycles. The first-order chi connectivity index (χ1) is 11.5. The highest BCUT2D eigenvalue weighted by Gasteiger charge is 2.68. The van der Waals surface area contributed by atoms with Crippen LogP contribution in [0.25, 0.3) is 11.0 Å². The highest BCUT2D eigenvalue weighted by molar-refractivity contribution is 6.31. The summed E-state index contributed by atoms with van der Waals surface area (Å²) in [6, 6.07) is 7.54. The van der Waals surface area contributed by atoms with Gasteiger partial charge in [-0.05, 0) is 55.7 Å². The number of amides is 2. The Morgan fingerprint density at radius 2 is 2.08 bits per heavy atom. The number of carbonyl (C=O) groups excluding carboxylic acids is 2. The zero-order chi connectivity index (χ0) is 16.6. The van der Waals surface area contributed by atoms with Gasteiger partial charge in [-0.15, -0.1) is 0 Å². The minimum atomic E-state index is -0.508. The summed E-state index contributed by atoms with van der Waals surface area (Å²) in [6.45, 7) is 2.20. The van der Waals surface area contributed by atoms with Crippen molar-refractivity contribution >= 4 is 34.4 Å². The van der Waals surface area contributed by atoms with Gasteiger partial charge >= 0.3 is 0 Å². The van der Waals surface area contributed by atoms with Gasteiger partial charge in [0.2, 0.25) is 11.8 Å². The van der Waals surface area contributed by atoms with E-state index in [0.29, 0.717) is 17.4 Å². The molecule has 5 rings (SSSR count). The molecule has 5 heteroatoms. The standard InChI is InChI=1S/C19H18ClNO3/c1-19-11-7-6-10(8-11)15(19)17(22)21(18(19)23)9-13-12-4-2-3-5-14(12)24-16(13)20/h2-5,10-11,15H,6-9H2,1H3/t10-,11+,15?,19+/m1/s1. The van der Waals surface area contributed by atoms with Gasteiger partial charge in [-0.1, -0.05) is 18.2 Å². The van der Waals surface area contributed by atoms with Crippen LogP contribution in [-0.2, 0) is 16.1 Å². The van der Waals surface area contributed by atoms with E-state index >= 15 is 0 Å². The number of carbonyl (C=O) groups is 2. The summed E-state index contributed by atoms with van der Waals surface area (Å²) < 4.78 is 5.57. The first kappa shape index (κ1) is 14.5. The van der Waals surface area contributed by atoms with E-state index in [1.807, 2.05) is 31.2 Å². The molecule has 3 fully saturated rings. The van der Waals surface area contributed by atoms with Gasteiger partial charge in [0, 0.05) is 10.9 Å². The molecule has 3 aliphatic rings. The molecule has 0 radical (unpaired) electrons. The van der Waals surface area contributed by atoms with Crippen LogP contribution in [0.2, 0.25) is 5.22 Å². The number of furan rings is 1. The smallest absolute Gasteiger partial charge is 0.236 e. The van der Waals surface area contributed by atoms with Crippen LogP contribution in [0.15, 0.2) is 28.7 Å². The average Bonchev–Trinajstić information content (AvgIpc) is 3.27. The lowest BCUT2D eigenvalue weighted by Crippen LogP contribution is -2.38. The Morgan fingerprint density at radius 1 is 1.29 bits per heavy atom. The minimum absolute atomic E-state index is 0.0175. The van der Waals surface area contributed by atoms with Crippen molar-refractivity contribution in [2.24, 2.45) is 23.2 Å². The van der Waals surface area contributed by atoms with Crippen molar-refractivity contribution in [3.63, 3.8) is 0 Å². The van der Waals surface area contributed by atoms with E-state index in [1.54, 1.807) is 0 Å². The molecule has 4 nitrogen and oxygen atoms in total. The molecule has 1 unspecified atom stereocenters. The number of hydrogen-bond acceptors (Lipinski definition) is 3. The molecular formula is C19H18ClNO3. The Kier molecular flexibility index (Phi) is 2.80. The van der Waals surface area contributed by atoms with E-state index in [2.05, 4.69) is 0 Å². The first-order valence-corrected chi connectivity index (χ1v) is 8.91. The van der Waals surface area contributed by atoms with Crippen LogP contribution in [-0.4, -0.2) is 16.7 Å². The monoisotopic (exact) mass is 343 g/mol. The molecule has 2 heterocycles. The number of benzene rings is 1. The number of fused-ring (bicyclic) bond motifs is 6. The summed E-state index contributed by atoms with van der Waals surface area (Å²) in [4.78, 5) is 27.5. The fraction of sp³-hybridized carbons (Fsp3) is 0.474. The van der Waals surface area contributed by atoms with E-state index in [4.69, 9.17) is 16.0 Å². The van der Waals surface area contributed by atoms with E-state index in [1.165, 1.54) is 4.90 Å². The van der Waals surface area contributed by atoms with E-state index in [0.717, 1.165) is 30.2 Å². The fourth-order valence-electron chi connectivity index (χ4n) is 5.46. The van der Waals surface area contributed by atoms with Gasteiger partial charge in [0.15, 0.2) is 5.22 Å². The maximum Gasteiger partial charge on any atom is 0.236 e. The second-order valence-electron chi connectivity index (χ2n) is 7.61. The number of nitrogens with zero attached hydrogens (tertiary/aromatic N) is 1. The summed E-state index contributed by atoms with van der Waals surface area (Å²) in [6.07, 6.45) is 3.18. The molecule has 0 N–H and O–H groups in total. The summed E-state index contributed by atoms with van der Waals surface area (Å²) in [5.41, 5.74) is 0.902. The maximum absolute atomic E-state index is 13.1. The van der Waals surface area contributed by atoms with Gasteiger partial charge < -0.3 is 4.42 Å². The van der Waals surface area contributed by atoms with Crippen molar-refractivity contribution in [3.05, 3.63) is 35.0 Å². The topological polar surface area (TPSA) is 50.5 Å². The Hall–Kier alpha value is -1.81. The molecule has 2 aromatic rings. The SMILES string of the molecule is C[C@@]12C(=O)N(Cc3c(Cl)oc4ccccc34)C(=O)C1[C@@H]1CC[C@H]2C1. The van der Waals surface area contributed by atoms with Gasteiger partial charge in [0.1, 0.15) is 5.58 Å². The number of rotatable bonds is 2. The van der Waals surface area contributed by atoms with Crippen molar-refractivity contribution in [2.75, 3.05) is 0 Å². The zero-order valence-electron chi connectivity index (χ0n) is 13.4. The summed E-state index contributed by atoms with van der Waals surface area (Å²) in [7, 11) is 0. The van der Waals surface area contributed by atoms with Gasteiger partial charge in [-0.3, -0.25) is 14.5 Å². The summed E-state index contributed by atoms with van der Waals surface area (Å²) in [5.74, 6) is 0.548. The number of para-hydroxylation sites is 1. The lowest BCUT2D eigenvalue weighted by atomic mass is 9.69.